The Kier molecular flexibility index (Phi) is 2.80. The van der Waals surface area contributed by atoms with Crippen molar-refractivity contribution in [3.63, 3.8) is 0 Å². The van der Waals surface area contributed by atoms with Crippen molar-refractivity contribution in [1.82, 2.24) is 0 Å². The minimum Gasteiger partial charge on any atom is -0.398 e. The van der Waals surface area contributed by atoms with Crippen LogP contribution in [-0.2, 0) is 0 Å². The third-order valence-electron chi connectivity index (χ3n) is 2.33. The molecule has 2 aromatic rings. The number of nitrogens with two attached hydrogens (primary N) is 1. The van der Waals surface area contributed by atoms with Gasteiger partial charge in [0.05, 0.1) is 5.56 Å². The smallest absolute Gasteiger partial charge is 0.101 e. The molecule has 0 amide bonds. The van der Waals surface area contributed by atoms with Crippen LogP contribution in [0.1, 0.15) is 5.56 Å². The van der Waals surface area contributed by atoms with Crippen LogP contribution in [0.3, 0.4) is 0 Å². The zero-order valence-corrected chi connectivity index (χ0v) is 9.20. The summed E-state index contributed by atoms with van der Waals surface area (Å²) in [7, 11) is 0. The average molecular weight is 229 g/mol. The van der Waals surface area contributed by atoms with E-state index in [4.69, 9.17) is 22.6 Å². The largest absolute Gasteiger partial charge is 0.398 e. The van der Waals surface area contributed by atoms with Crippen molar-refractivity contribution < 1.29 is 0 Å². The Morgan fingerprint density at radius 1 is 1.06 bits per heavy atom. The predicted molar refractivity (Wildman–Crippen MR) is 66.0 cm³/mol. The van der Waals surface area contributed by atoms with Gasteiger partial charge in [0.25, 0.3) is 0 Å². The lowest BCUT2D eigenvalue weighted by Gasteiger charge is -2.04. The molecule has 2 rings (SSSR count). The van der Waals surface area contributed by atoms with E-state index in [-0.39, 0.29) is 0 Å². The Labute approximate surface area is 98.9 Å². The highest BCUT2D eigenvalue weighted by Gasteiger charge is 2.02. The van der Waals surface area contributed by atoms with Gasteiger partial charge in [-0.2, -0.15) is 5.26 Å². The first-order valence-corrected chi connectivity index (χ1v) is 5.14. The molecule has 0 atom stereocenters. The van der Waals surface area contributed by atoms with Crippen LogP contribution in [0.4, 0.5) is 5.69 Å². The topological polar surface area (TPSA) is 49.8 Å². The van der Waals surface area contributed by atoms with Crippen LogP contribution in [0.2, 0.25) is 5.02 Å². The zero-order chi connectivity index (χ0) is 11.5. The van der Waals surface area contributed by atoms with Crippen molar-refractivity contribution in [1.29, 1.82) is 5.26 Å². The molecule has 0 fully saturated rings. The number of anilines is 1. The second kappa shape index (κ2) is 4.26. The molecule has 16 heavy (non-hydrogen) atoms. The van der Waals surface area contributed by atoms with Crippen LogP contribution >= 0.6 is 11.6 Å². The van der Waals surface area contributed by atoms with Crippen molar-refractivity contribution in [2.24, 2.45) is 0 Å². The number of nitriles is 1. The van der Waals surface area contributed by atoms with Crippen molar-refractivity contribution >= 4 is 17.3 Å². The quantitative estimate of drug-likeness (QED) is 0.760. The molecule has 0 saturated heterocycles. The molecular weight excluding hydrogens is 220 g/mol. The lowest BCUT2D eigenvalue weighted by Crippen LogP contribution is -1.90. The number of rotatable bonds is 1. The van der Waals surface area contributed by atoms with E-state index in [0.29, 0.717) is 16.3 Å². The Balaban J connectivity index is 2.54. The van der Waals surface area contributed by atoms with Gasteiger partial charge in [0.1, 0.15) is 6.07 Å². The number of halogens is 1. The summed E-state index contributed by atoms with van der Waals surface area (Å²) in [5.74, 6) is 0. The Morgan fingerprint density at radius 3 is 2.50 bits per heavy atom. The van der Waals surface area contributed by atoms with Crippen molar-refractivity contribution in [2.45, 2.75) is 0 Å². The molecule has 0 aliphatic carbocycles. The first kappa shape index (κ1) is 10.5. The Hall–Kier alpha value is -1.98. The van der Waals surface area contributed by atoms with Gasteiger partial charge < -0.3 is 5.73 Å². The number of hydrogen-bond donors (Lipinski definition) is 1. The lowest BCUT2D eigenvalue weighted by atomic mass is 10.0. The molecule has 2 nitrogen and oxygen atoms in total. The average Bonchev–Trinajstić information content (AvgIpc) is 2.29. The van der Waals surface area contributed by atoms with E-state index in [2.05, 4.69) is 6.07 Å². The van der Waals surface area contributed by atoms with Gasteiger partial charge in [0, 0.05) is 10.7 Å². The molecule has 78 valence electrons. The summed E-state index contributed by atoms with van der Waals surface area (Å²) < 4.78 is 0. The summed E-state index contributed by atoms with van der Waals surface area (Å²) in [4.78, 5) is 0. The Bertz CT molecular complexity index is 570. The highest BCUT2D eigenvalue weighted by atomic mass is 35.5. The van der Waals surface area contributed by atoms with Crippen molar-refractivity contribution in [3.8, 4) is 17.2 Å². The molecule has 0 radical (unpaired) electrons. The van der Waals surface area contributed by atoms with Gasteiger partial charge in [-0.15, -0.1) is 0 Å². The molecule has 0 spiro atoms. The second-order valence-electron chi connectivity index (χ2n) is 3.42. The number of benzene rings is 2. The second-order valence-corrected chi connectivity index (χ2v) is 3.86. The first-order chi connectivity index (χ1) is 7.70. The maximum absolute atomic E-state index is 8.89. The van der Waals surface area contributed by atoms with Gasteiger partial charge in [-0.25, -0.2) is 0 Å². The van der Waals surface area contributed by atoms with Crippen LogP contribution in [0, 0.1) is 11.3 Å². The molecule has 0 unspecified atom stereocenters. The molecule has 3 heteroatoms. The first-order valence-electron chi connectivity index (χ1n) is 4.76. The van der Waals surface area contributed by atoms with E-state index in [1.165, 1.54) is 0 Å². The third kappa shape index (κ3) is 2.00. The van der Waals surface area contributed by atoms with Crippen LogP contribution in [0.25, 0.3) is 11.1 Å². The maximum Gasteiger partial charge on any atom is 0.101 e. The summed E-state index contributed by atoms with van der Waals surface area (Å²) >= 11 is 5.91. The summed E-state index contributed by atoms with van der Waals surface area (Å²) in [6.07, 6.45) is 0. The lowest BCUT2D eigenvalue weighted by molar-refractivity contribution is 1.48. The van der Waals surface area contributed by atoms with E-state index in [9.17, 15) is 0 Å². The third-order valence-corrected chi connectivity index (χ3v) is 2.57. The minimum absolute atomic E-state index is 0.484. The molecule has 0 aromatic heterocycles. The van der Waals surface area contributed by atoms with Crippen LogP contribution in [0.15, 0.2) is 42.5 Å². The fourth-order valence-electron chi connectivity index (χ4n) is 1.50. The molecule has 0 aliphatic heterocycles. The van der Waals surface area contributed by atoms with E-state index in [1.54, 1.807) is 12.1 Å². The monoisotopic (exact) mass is 228 g/mol. The molecule has 2 aromatic carbocycles. The maximum atomic E-state index is 8.89. The highest BCUT2D eigenvalue weighted by Crippen LogP contribution is 2.25. The van der Waals surface area contributed by atoms with Crippen LogP contribution < -0.4 is 5.73 Å². The van der Waals surface area contributed by atoms with Gasteiger partial charge in [-0.3, -0.25) is 0 Å². The summed E-state index contributed by atoms with van der Waals surface area (Å²) in [6, 6.07) is 14.9. The Morgan fingerprint density at radius 2 is 1.81 bits per heavy atom. The predicted octanol–water partition coefficient (Wildman–Crippen LogP) is 3.46. The molecule has 0 bridgehead atoms. The minimum atomic E-state index is 0.484. The SMILES string of the molecule is N#Cc1cc(-c2cccc(Cl)c2)ccc1N. The number of nitrogens with zero attached hydrogens (tertiary/aromatic N) is 1. The summed E-state index contributed by atoms with van der Waals surface area (Å²) in [5, 5.41) is 9.56. The molecule has 0 aliphatic rings. The van der Waals surface area contributed by atoms with E-state index in [1.807, 2.05) is 30.3 Å². The van der Waals surface area contributed by atoms with E-state index < -0.39 is 0 Å². The molecule has 2 N–H and O–H groups in total. The van der Waals surface area contributed by atoms with Gasteiger partial charge in [0.15, 0.2) is 0 Å². The number of hydrogen-bond acceptors (Lipinski definition) is 2. The zero-order valence-electron chi connectivity index (χ0n) is 8.44. The van der Waals surface area contributed by atoms with Crippen LogP contribution in [0.5, 0.6) is 0 Å². The van der Waals surface area contributed by atoms with Crippen LogP contribution in [-0.4, -0.2) is 0 Å². The van der Waals surface area contributed by atoms with Gasteiger partial charge in [-0.1, -0.05) is 29.8 Å². The van der Waals surface area contributed by atoms with Gasteiger partial charge >= 0.3 is 0 Å². The highest BCUT2D eigenvalue weighted by molar-refractivity contribution is 6.30. The molecule has 0 heterocycles. The molecule has 0 saturated carbocycles. The van der Waals surface area contributed by atoms with E-state index in [0.717, 1.165) is 11.1 Å². The summed E-state index contributed by atoms with van der Waals surface area (Å²) in [6.45, 7) is 0. The van der Waals surface area contributed by atoms with Crippen molar-refractivity contribution in [3.05, 3.63) is 53.1 Å². The van der Waals surface area contributed by atoms with Gasteiger partial charge in [-0.05, 0) is 35.4 Å². The summed E-state index contributed by atoms with van der Waals surface area (Å²) in [5.41, 5.74) is 8.55. The number of nitrogen functional groups attached to an aromatic ring is 1. The standard InChI is InChI=1S/C13H9ClN2/c14-12-3-1-2-9(7-12)10-4-5-13(16)11(6-10)8-15/h1-7H,16H2. The van der Waals surface area contributed by atoms with Gasteiger partial charge in [0.2, 0.25) is 0 Å². The molecular formula is C13H9ClN2. The normalized spacial score (nSPS) is 9.75. The fraction of sp³-hybridized carbons (Fsp3) is 0. The fourth-order valence-corrected chi connectivity index (χ4v) is 1.69. The van der Waals surface area contributed by atoms with Crippen molar-refractivity contribution in [2.75, 3.05) is 5.73 Å². The van der Waals surface area contributed by atoms with E-state index >= 15 is 0 Å².